The van der Waals surface area contributed by atoms with Gasteiger partial charge in [0.2, 0.25) is 0 Å². The number of amidine groups is 1. The van der Waals surface area contributed by atoms with E-state index in [4.69, 9.17) is 15.9 Å². The van der Waals surface area contributed by atoms with Crippen LogP contribution in [0.4, 0.5) is 0 Å². The van der Waals surface area contributed by atoms with Crippen molar-refractivity contribution in [1.29, 1.82) is 5.41 Å². The molecular weight excluding hydrogens is 212 g/mol. The molecule has 0 heterocycles. The molecule has 1 aromatic rings. The Labute approximate surface area is 96.5 Å². The maximum Gasteiger partial charge on any atom is 0.122 e. The zero-order chi connectivity index (χ0) is 10.6. The topological polar surface area (TPSA) is 59.1 Å². The van der Waals surface area contributed by atoms with Gasteiger partial charge in [0, 0.05) is 5.56 Å². The van der Waals surface area contributed by atoms with Gasteiger partial charge in [0.1, 0.15) is 5.84 Å². The summed E-state index contributed by atoms with van der Waals surface area (Å²) in [4.78, 5) is 0. The first-order valence-electron chi connectivity index (χ1n) is 4.64. The number of nitrogens with one attached hydrogen (secondary N) is 1. The summed E-state index contributed by atoms with van der Waals surface area (Å²) in [7, 11) is 0. The van der Waals surface area contributed by atoms with Gasteiger partial charge in [-0.3, -0.25) is 5.41 Å². The van der Waals surface area contributed by atoms with Gasteiger partial charge in [-0.05, 0) is 19.4 Å². The largest absolute Gasteiger partial charge is 0.384 e. The van der Waals surface area contributed by atoms with E-state index in [2.05, 4.69) is 0 Å². The second-order valence-electron chi connectivity index (χ2n) is 3.47. The van der Waals surface area contributed by atoms with E-state index in [0.29, 0.717) is 6.61 Å². The van der Waals surface area contributed by atoms with Gasteiger partial charge in [-0.15, -0.1) is 12.4 Å². The Kier molecular flexibility index (Phi) is 5.97. The first-order chi connectivity index (χ1) is 6.59. The fourth-order valence-corrected chi connectivity index (χ4v) is 1.04. The summed E-state index contributed by atoms with van der Waals surface area (Å²) in [6.07, 6.45) is 0.238. The van der Waals surface area contributed by atoms with Crippen LogP contribution in [0.1, 0.15) is 25.0 Å². The molecule has 84 valence electrons. The van der Waals surface area contributed by atoms with Gasteiger partial charge < -0.3 is 10.5 Å². The third-order valence-corrected chi connectivity index (χ3v) is 1.85. The van der Waals surface area contributed by atoms with Gasteiger partial charge >= 0.3 is 0 Å². The van der Waals surface area contributed by atoms with Crippen LogP contribution in [0.3, 0.4) is 0 Å². The lowest BCUT2D eigenvalue weighted by Crippen LogP contribution is -2.10. The van der Waals surface area contributed by atoms with E-state index in [1.165, 1.54) is 0 Å². The maximum absolute atomic E-state index is 7.22. The predicted molar refractivity (Wildman–Crippen MR) is 64.6 cm³/mol. The number of ether oxygens (including phenoxy) is 1. The molecule has 0 radical (unpaired) electrons. The van der Waals surface area contributed by atoms with Crippen molar-refractivity contribution >= 4 is 18.2 Å². The highest BCUT2D eigenvalue weighted by Gasteiger charge is 1.98. The number of nitrogen functional groups attached to an aromatic ring is 1. The molecule has 0 aromatic heterocycles. The molecule has 1 rings (SSSR count). The smallest absolute Gasteiger partial charge is 0.122 e. The third kappa shape index (κ3) is 4.81. The molecule has 0 spiro atoms. The monoisotopic (exact) mass is 228 g/mol. The van der Waals surface area contributed by atoms with Gasteiger partial charge in [-0.2, -0.15) is 0 Å². The van der Waals surface area contributed by atoms with Crippen LogP contribution in [0.15, 0.2) is 24.3 Å². The number of nitrogens with two attached hydrogens (primary N) is 1. The van der Waals surface area contributed by atoms with Crippen molar-refractivity contribution in [3.63, 3.8) is 0 Å². The number of halogens is 1. The summed E-state index contributed by atoms with van der Waals surface area (Å²) < 4.78 is 5.44. The van der Waals surface area contributed by atoms with Crippen molar-refractivity contribution in [2.45, 2.75) is 26.6 Å². The molecule has 3 N–H and O–H groups in total. The van der Waals surface area contributed by atoms with E-state index in [1.807, 2.05) is 38.1 Å². The molecule has 0 aliphatic heterocycles. The summed E-state index contributed by atoms with van der Waals surface area (Å²) in [5.41, 5.74) is 7.19. The van der Waals surface area contributed by atoms with E-state index >= 15 is 0 Å². The molecule has 15 heavy (non-hydrogen) atoms. The fourth-order valence-electron chi connectivity index (χ4n) is 1.04. The van der Waals surface area contributed by atoms with Crippen molar-refractivity contribution in [3.05, 3.63) is 35.4 Å². The number of hydrogen-bond acceptors (Lipinski definition) is 2. The van der Waals surface area contributed by atoms with E-state index in [0.717, 1.165) is 11.1 Å². The van der Waals surface area contributed by atoms with Crippen LogP contribution >= 0.6 is 12.4 Å². The van der Waals surface area contributed by atoms with Crippen molar-refractivity contribution in [2.24, 2.45) is 5.73 Å². The molecule has 4 heteroatoms. The third-order valence-electron chi connectivity index (χ3n) is 1.85. The van der Waals surface area contributed by atoms with Crippen LogP contribution in [0.5, 0.6) is 0 Å². The second kappa shape index (κ2) is 6.43. The Hall–Kier alpha value is -1.06. The Morgan fingerprint density at radius 2 is 1.87 bits per heavy atom. The van der Waals surface area contributed by atoms with Gasteiger partial charge in [0.15, 0.2) is 0 Å². The van der Waals surface area contributed by atoms with E-state index in [-0.39, 0.29) is 24.3 Å². The van der Waals surface area contributed by atoms with E-state index in [1.54, 1.807) is 0 Å². The van der Waals surface area contributed by atoms with Crippen LogP contribution in [-0.4, -0.2) is 11.9 Å². The summed E-state index contributed by atoms with van der Waals surface area (Å²) in [5.74, 6) is 0.0985. The molecule has 0 aliphatic carbocycles. The Morgan fingerprint density at radius 3 is 2.27 bits per heavy atom. The molecule has 1 aromatic carbocycles. The highest BCUT2D eigenvalue weighted by Crippen LogP contribution is 2.06. The Bertz CT molecular complexity index is 309. The summed E-state index contributed by atoms with van der Waals surface area (Å²) in [6, 6.07) is 7.53. The highest BCUT2D eigenvalue weighted by molar-refractivity contribution is 5.94. The van der Waals surface area contributed by atoms with Gasteiger partial charge in [0.25, 0.3) is 0 Å². The lowest BCUT2D eigenvalue weighted by atomic mass is 10.1. The minimum atomic E-state index is 0. The number of benzene rings is 1. The van der Waals surface area contributed by atoms with Crippen molar-refractivity contribution < 1.29 is 4.74 Å². The number of rotatable bonds is 4. The standard InChI is InChI=1S/C11H16N2O.ClH/c1-8(2)14-7-9-3-5-10(6-4-9)11(12)13;/h3-6,8H,7H2,1-2H3,(H3,12,13);1H. The van der Waals surface area contributed by atoms with Gasteiger partial charge in [-0.1, -0.05) is 24.3 Å². The highest BCUT2D eigenvalue weighted by atomic mass is 35.5. The van der Waals surface area contributed by atoms with E-state index in [9.17, 15) is 0 Å². The lowest BCUT2D eigenvalue weighted by molar-refractivity contribution is 0.0657. The molecule has 0 bridgehead atoms. The molecule has 0 atom stereocenters. The van der Waals surface area contributed by atoms with Crippen LogP contribution in [0.2, 0.25) is 0 Å². The quantitative estimate of drug-likeness (QED) is 0.614. The SMILES string of the molecule is CC(C)OCc1ccc(C(=N)N)cc1.Cl. The zero-order valence-corrected chi connectivity index (χ0v) is 9.80. The summed E-state index contributed by atoms with van der Waals surface area (Å²) in [6.45, 7) is 4.61. The Morgan fingerprint density at radius 1 is 1.33 bits per heavy atom. The fraction of sp³-hybridized carbons (Fsp3) is 0.364. The molecule has 3 nitrogen and oxygen atoms in total. The zero-order valence-electron chi connectivity index (χ0n) is 8.99. The van der Waals surface area contributed by atoms with E-state index < -0.39 is 0 Å². The molecule has 0 saturated heterocycles. The average molecular weight is 229 g/mol. The average Bonchev–Trinajstić information content (AvgIpc) is 2.15. The maximum atomic E-state index is 7.22. The minimum absolute atomic E-state index is 0. The first kappa shape index (κ1) is 13.9. The van der Waals surface area contributed by atoms with Crippen molar-refractivity contribution in [1.82, 2.24) is 0 Å². The minimum Gasteiger partial charge on any atom is -0.384 e. The molecule has 0 fully saturated rings. The summed E-state index contributed by atoms with van der Waals surface area (Å²) >= 11 is 0. The number of hydrogen-bond donors (Lipinski definition) is 2. The second-order valence-corrected chi connectivity index (χ2v) is 3.47. The molecule has 0 unspecified atom stereocenters. The van der Waals surface area contributed by atoms with Crippen molar-refractivity contribution in [3.8, 4) is 0 Å². The van der Waals surface area contributed by atoms with Crippen molar-refractivity contribution in [2.75, 3.05) is 0 Å². The predicted octanol–water partition coefficient (Wildman–Crippen LogP) is 2.32. The molecular formula is C11H17ClN2O. The first-order valence-corrected chi connectivity index (χ1v) is 4.64. The lowest BCUT2D eigenvalue weighted by Gasteiger charge is -2.07. The summed E-state index contributed by atoms with van der Waals surface area (Å²) in [5, 5.41) is 7.22. The molecule has 0 amide bonds. The normalized spacial score (nSPS) is 9.80. The van der Waals surface area contributed by atoms with Crippen LogP contribution in [0.25, 0.3) is 0 Å². The van der Waals surface area contributed by atoms with Crippen LogP contribution in [-0.2, 0) is 11.3 Å². The van der Waals surface area contributed by atoms with Crippen LogP contribution < -0.4 is 5.73 Å². The van der Waals surface area contributed by atoms with Crippen LogP contribution in [0, 0.1) is 5.41 Å². The molecule has 0 aliphatic rings. The molecule has 0 saturated carbocycles. The Balaban J connectivity index is 0.00000196. The van der Waals surface area contributed by atoms with Gasteiger partial charge in [-0.25, -0.2) is 0 Å². The van der Waals surface area contributed by atoms with Gasteiger partial charge in [0.05, 0.1) is 12.7 Å².